The molecule has 0 bridgehead atoms. The number of hydrogen-bond acceptors (Lipinski definition) is 4. The molecule has 2 heterocycles. The van der Waals surface area contributed by atoms with Crippen molar-refractivity contribution in [2.75, 3.05) is 44.3 Å². The van der Waals surface area contributed by atoms with Gasteiger partial charge in [-0.1, -0.05) is 25.1 Å². The van der Waals surface area contributed by atoms with E-state index in [1.807, 2.05) is 25.1 Å². The Hall–Kier alpha value is -1.92. The summed E-state index contributed by atoms with van der Waals surface area (Å²) in [6.45, 7) is 6.70. The van der Waals surface area contributed by atoms with Crippen LogP contribution in [0.1, 0.15) is 31.7 Å². The van der Waals surface area contributed by atoms with Gasteiger partial charge in [-0.25, -0.2) is 0 Å². The van der Waals surface area contributed by atoms with Gasteiger partial charge in [0, 0.05) is 38.3 Å². The standard InChI is InChI=1S/C20H29N3O3/c1-2-17(20(25)21-10-11-22-12-14-26-15-13-22)23-18-8-4-3-6-16(18)7-5-9-19(23)24/h3-4,6,8,17H,2,5,7,9-15H2,1H3,(H,21,25)/t17-/m0/s1. The Morgan fingerprint density at radius 1 is 1.23 bits per heavy atom. The lowest BCUT2D eigenvalue weighted by molar-refractivity contribution is -0.126. The van der Waals surface area contributed by atoms with E-state index in [9.17, 15) is 9.59 Å². The highest BCUT2D eigenvalue weighted by Crippen LogP contribution is 2.29. The molecule has 2 aliphatic heterocycles. The summed E-state index contributed by atoms with van der Waals surface area (Å²) in [5.41, 5.74) is 2.04. The van der Waals surface area contributed by atoms with Gasteiger partial charge < -0.3 is 10.1 Å². The molecule has 26 heavy (non-hydrogen) atoms. The zero-order valence-electron chi connectivity index (χ0n) is 15.6. The average molecular weight is 359 g/mol. The first-order chi connectivity index (χ1) is 12.7. The van der Waals surface area contributed by atoms with Gasteiger partial charge in [-0.05, 0) is 30.9 Å². The molecule has 6 nitrogen and oxygen atoms in total. The highest BCUT2D eigenvalue weighted by atomic mass is 16.5. The van der Waals surface area contributed by atoms with Gasteiger partial charge in [-0.3, -0.25) is 19.4 Å². The molecule has 1 N–H and O–H groups in total. The van der Waals surface area contributed by atoms with Crippen LogP contribution < -0.4 is 10.2 Å². The van der Waals surface area contributed by atoms with Gasteiger partial charge >= 0.3 is 0 Å². The van der Waals surface area contributed by atoms with Crippen molar-refractivity contribution in [1.82, 2.24) is 10.2 Å². The van der Waals surface area contributed by atoms with Crippen molar-refractivity contribution in [3.05, 3.63) is 29.8 Å². The molecule has 0 aromatic heterocycles. The second kappa shape index (κ2) is 9.14. The van der Waals surface area contributed by atoms with Crippen LogP contribution in [-0.4, -0.2) is 62.1 Å². The number of aryl methyl sites for hydroxylation is 1. The molecule has 1 aromatic carbocycles. The lowest BCUT2D eigenvalue weighted by Crippen LogP contribution is -2.51. The van der Waals surface area contributed by atoms with Gasteiger partial charge in [-0.15, -0.1) is 0 Å². The summed E-state index contributed by atoms with van der Waals surface area (Å²) in [5, 5.41) is 3.03. The SMILES string of the molecule is CC[C@@H](C(=O)NCCN1CCOCC1)N1C(=O)CCCc2ccccc21. The molecule has 0 spiro atoms. The lowest BCUT2D eigenvalue weighted by atomic mass is 10.1. The van der Waals surface area contributed by atoms with Crippen LogP contribution in [0.4, 0.5) is 5.69 Å². The first-order valence-electron chi connectivity index (χ1n) is 9.68. The molecule has 0 radical (unpaired) electrons. The molecule has 0 unspecified atom stereocenters. The average Bonchev–Trinajstić information content (AvgIpc) is 2.83. The number of amides is 2. The number of rotatable bonds is 6. The Balaban J connectivity index is 1.66. The molecular formula is C20H29N3O3. The quantitative estimate of drug-likeness (QED) is 0.838. The molecule has 6 heteroatoms. The molecule has 0 saturated carbocycles. The second-order valence-electron chi connectivity index (χ2n) is 6.92. The molecule has 1 aromatic rings. The van der Waals surface area contributed by atoms with Gasteiger partial charge in [0.1, 0.15) is 6.04 Å². The number of para-hydroxylation sites is 1. The maximum absolute atomic E-state index is 12.8. The Morgan fingerprint density at radius 2 is 2.00 bits per heavy atom. The van der Waals surface area contributed by atoms with Gasteiger partial charge in [0.25, 0.3) is 0 Å². The molecule has 1 fully saturated rings. The fourth-order valence-electron chi connectivity index (χ4n) is 3.75. The van der Waals surface area contributed by atoms with E-state index < -0.39 is 6.04 Å². The smallest absolute Gasteiger partial charge is 0.243 e. The lowest BCUT2D eigenvalue weighted by Gasteiger charge is -2.31. The van der Waals surface area contributed by atoms with Crippen molar-refractivity contribution >= 4 is 17.5 Å². The summed E-state index contributed by atoms with van der Waals surface area (Å²) >= 11 is 0. The minimum Gasteiger partial charge on any atom is -0.379 e. The van der Waals surface area contributed by atoms with Crippen molar-refractivity contribution in [2.24, 2.45) is 0 Å². The molecule has 1 saturated heterocycles. The fraction of sp³-hybridized carbons (Fsp3) is 0.600. The Morgan fingerprint density at radius 3 is 2.77 bits per heavy atom. The van der Waals surface area contributed by atoms with E-state index in [0.717, 1.165) is 56.9 Å². The minimum absolute atomic E-state index is 0.0464. The van der Waals surface area contributed by atoms with Crippen LogP contribution in [0.2, 0.25) is 0 Å². The third-order valence-corrected chi connectivity index (χ3v) is 5.19. The number of fused-ring (bicyclic) bond motifs is 1. The van der Waals surface area contributed by atoms with Crippen LogP contribution >= 0.6 is 0 Å². The predicted octanol–water partition coefficient (Wildman–Crippen LogP) is 1.58. The van der Waals surface area contributed by atoms with Crippen molar-refractivity contribution in [3.8, 4) is 0 Å². The largest absolute Gasteiger partial charge is 0.379 e. The van der Waals surface area contributed by atoms with E-state index in [2.05, 4.69) is 16.3 Å². The van der Waals surface area contributed by atoms with E-state index in [4.69, 9.17) is 4.74 Å². The predicted molar refractivity (Wildman–Crippen MR) is 101 cm³/mol. The van der Waals surface area contributed by atoms with Gasteiger partial charge in [0.15, 0.2) is 0 Å². The summed E-state index contributed by atoms with van der Waals surface area (Å²) in [6.07, 6.45) is 2.81. The maximum atomic E-state index is 12.8. The third-order valence-electron chi connectivity index (χ3n) is 5.19. The molecule has 3 rings (SSSR count). The van der Waals surface area contributed by atoms with Crippen LogP contribution in [0.15, 0.2) is 24.3 Å². The normalized spacial score (nSPS) is 19.6. The van der Waals surface area contributed by atoms with Crippen molar-refractivity contribution in [3.63, 3.8) is 0 Å². The number of carbonyl (C=O) groups excluding carboxylic acids is 2. The number of hydrogen-bond donors (Lipinski definition) is 1. The maximum Gasteiger partial charge on any atom is 0.243 e. The monoisotopic (exact) mass is 359 g/mol. The third kappa shape index (κ3) is 4.43. The zero-order valence-corrected chi connectivity index (χ0v) is 15.6. The summed E-state index contributed by atoms with van der Waals surface area (Å²) < 4.78 is 5.35. The van der Waals surface area contributed by atoms with E-state index in [1.165, 1.54) is 0 Å². The second-order valence-corrected chi connectivity index (χ2v) is 6.92. The number of ether oxygens (including phenoxy) is 1. The molecule has 142 valence electrons. The molecule has 2 amide bonds. The highest BCUT2D eigenvalue weighted by molar-refractivity contribution is 6.01. The van der Waals surface area contributed by atoms with E-state index >= 15 is 0 Å². The van der Waals surface area contributed by atoms with Crippen LogP contribution in [0.3, 0.4) is 0 Å². The topological polar surface area (TPSA) is 61.9 Å². The number of carbonyl (C=O) groups is 2. The summed E-state index contributed by atoms with van der Waals surface area (Å²) in [6, 6.07) is 7.50. The van der Waals surface area contributed by atoms with Crippen molar-refractivity contribution < 1.29 is 14.3 Å². The van der Waals surface area contributed by atoms with Crippen LogP contribution in [0.25, 0.3) is 0 Å². The number of nitrogens with one attached hydrogen (secondary N) is 1. The molecule has 2 aliphatic rings. The van der Waals surface area contributed by atoms with E-state index in [0.29, 0.717) is 19.4 Å². The van der Waals surface area contributed by atoms with Gasteiger partial charge in [0.2, 0.25) is 11.8 Å². The molecule has 1 atom stereocenters. The molecule has 0 aliphatic carbocycles. The Labute approximate surface area is 155 Å². The Kier molecular flexibility index (Phi) is 6.63. The van der Waals surface area contributed by atoms with Gasteiger partial charge in [-0.2, -0.15) is 0 Å². The number of benzene rings is 1. The molecular weight excluding hydrogens is 330 g/mol. The zero-order chi connectivity index (χ0) is 18.4. The Bertz CT molecular complexity index is 628. The number of anilines is 1. The summed E-state index contributed by atoms with van der Waals surface area (Å²) in [5.74, 6) is -0.0176. The van der Waals surface area contributed by atoms with Crippen LogP contribution in [0.5, 0.6) is 0 Å². The van der Waals surface area contributed by atoms with Crippen LogP contribution in [-0.2, 0) is 20.7 Å². The van der Waals surface area contributed by atoms with Gasteiger partial charge in [0.05, 0.1) is 13.2 Å². The van der Waals surface area contributed by atoms with E-state index in [1.54, 1.807) is 4.90 Å². The van der Waals surface area contributed by atoms with Crippen molar-refractivity contribution in [1.29, 1.82) is 0 Å². The highest BCUT2D eigenvalue weighted by Gasteiger charge is 2.32. The van der Waals surface area contributed by atoms with Crippen molar-refractivity contribution in [2.45, 2.75) is 38.6 Å². The summed E-state index contributed by atoms with van der Waals surface area (Å²) in [4.78, 5) is 29.6. The number of nitrogens with zero attached hydrogens (tertiary/aromatic N) is 2. The first kappa shape index (κ1) is 18.9. The minimum atomic E-state index is -0.452. The fourth-order valence-corrected chi connectivity index (χ4v) is 3.75. The summed E-state index contributed by atoms with van der Waals surface area (Å²) in [7, 11) is 0. The number of morpholine rings is 1. The van der Waals surface area contributed by atoms with Crippen LogP contribution in [0, 0.1) is 0 Å². The first-order valence-corrected chi connectivity index (χ1v) is 9.68. The van der Waals surface area contributed by atoms with E-state index in [-0.39, 0.29) is 11.8 Å².